The molecule has 0 bridgehead atoms. The summed E-state index contributed by atoms with van der Waals surface area (Å²) < 4.78 is 9.86. The first kappa shape index (κ1) is 21.3. The second-order valence-electron chi connectivity index (χ2n) is 7.40. The quantitative estimate of drug-likeness (QED) is 0.509. The molecule has 0 saturated carbocycles. The summed E-state index contributed by atoms with van der Waals surface area (Å²) in [5.74, 6) is -2.36. The van der Waals surface area contributed by atoms with Crippen molar-refractivity contribution in [2.45, 2.75) is 12.8 Å². The number of carbonyl (C=O) groups is 4. The van der Waals surface area contributed by atoms with Gasteiger partial charge < -0.3 is 19.3 Å². The molecule has 164 valence electrons. The molecule has 2 aliphatic heterocycles. The number of nitrogens with zero attached hydrogens (tertiary/aromatic N) is 2. The van der Waals surface area contributed by atoms with Crippen LogP contribution in [0.5, 0.6) is 0 Å². The molecule has 4 rings (SSSR count). The summed E-state index contributed by atoms with van der Waals surface area (Å²) in [4.78, 5) is 51.5. The zero-order valence-electron chi connectivity index (χ0n) is 17.4. The Hall–Kier alpha value is -3.94. The lowest BCUT2D eigenvalue weighted by Gasteiger charge is -2.17. The summed E-state index contributed by atoms with van der Waals surface area (Å²) in [6, 6.07) is 15.1. The van der Waals surface area contributed by atoms with Gasteiger partial charge in [-0.1, -0.05) is 36.4 Å². The maximum atomic E-state index is 12.3. The van der Waals surface area contributed by atoms with Crippen molar-refractivity contribution in [3.63, 3.8) is 0 Å². The molecule has 0 atom stereocenters. The van der Waals surface area contributed by atoms with Gasteiger partial charge in [0.1, 0.15) is 0 Å². The number of ether oxygens (including phenoxy) is 2. The maximum absolute atomic E-state index is 12.3. The largest absolute Gasteiger partial charge is 0.452 e. The molecule has 0 unspecified atom stereocenters. The molecule has 0 aliphatic carbocycles. The fraction of sp³-hybridized carbons (Fsp3) is 0.250. The summed E-state index contributed by atoms with van der Waals surface area (Å²) in [5, 5.41) is 0. The second-order valence-corrected chi connectivity index (χ2v) is 7.40. The van der Waals surface area contributed by atoms with Crippen molar-refractivity contribution in [2.24, 2.45) is 0 Å². The summed E-state index contributed by atoms with van der Waals surface area (Å²) in [7, 11) is 0. The first-order valence-corrected chi connectivity index (χ1v) is 10.3. The molecule has 2 aliphatic rings. The van der Waals surface area contributed by atoms with Gasteiger partial charge in [0.15, 0.2) is 13.2 Å². The van der Waals surface area contributed by atoms with Crippen molar-refractivity contribution in [3.05, 3.63) is 71.8 Å². The second kappa shape index (κ2) is 9.47. The van der Waals surface area contributed by atoms with E-state index in [4.69, 9.17) is 9.47 Å². The molecular weight excluding hydrogens is 412 g/mol. The molecule has 2 amide bonds. The van der Waals surface area contributed by atoms with Crippen molar-refractivity contribution < 1.29 is 28.7 Å². The fourth-order valence-electron chi connectivity index (χ4n) is 3.85. The van der Waals surface area contributed by atoms with Gasteiger partial charge in [0.05, 0.1) is 0 Å². The molecule has 8 nitrogen and oxygen atoms in total. The van der Waals surface area contributed by atoms with Gasteiger partial charge in [-0.05, 0) is 36.1 Å². The lowest BCUT2D eigenvalue weighted by molar-refractivity contribution is -0.144. The van der Waals surface area contributed by atoms with E-state index in [9.17, 15) is 19.2 Å². The number of hydrogen-bond acceptors (Lipinski definition) is 6. The summed E-state index contributed by atoms with van der Waals surface area (Å²) in [5.41, 5.74) is 3.78. The Morgan fingerprint density at radius 1 is 0.688 bits per heavy atom. The van der Waals surface area contributed by atoms with Crippen molar-refractivity contribution in [2.75, 3.05) is 36.1 Å². The van der Waals surface area contributed by atoms with Gasteiger partial charge in [-0.2, -0.15) is 0 Å². The Labute approximate surface area is 185 Å². The molecule has 0 N–H and O–H groups in total. The predicted octanol–water partition coefficient (Wildman–Crippen LogP) is 1.81. The molecule has 0 fully saturated rings. The number of benzene rings is 2. The third-order valence-electron chi connectivity index (χ3n) is 5.41. The van der Waals surface area contributed by atoms with Crippen LogP contribution in [0.4, 0.5) is 11.4 Å². The highest BCUT2D eigenvalue weighted by Crippen LogP contribution is 2.28. The number of rotatable bonds is 6. The highest BCUT2D eigenvalue weighted by atomic mass is 16.5. The van der Waals surface area contributed by atoms with E-state index in [-0.39, 0.29) is 11.8 Å². The molecule has 32 heavy (non-hydrogen) atoms. The van der Waals surface area contributed by atoms with Crippen LogP contribution in [-0.4, -0.2) is 50.1 Å². The molecule has 0 aromatic heterocycles. The van der Waals surface area contributed by atoms with Gasteiger partial charge in [-0.3, -0.25) is 9.59 Å². The van der Waals surface area contributed by atoms with Gasteiger partial charge in [-0.15, -0.1) is 0 Å². The average molecular weight is 434 g/mol. The van der Waals surface area contributed by atoms with Gasteiger partial charge >= 0.3 is 11.9 Å². The van der Waals surface area contributed by atoms with Crippen LogP contribution >= 0.6 is 0 Å². The molecule has 0 saturated heterocycles. The van der Waals surface area contributed by atoms with Crippen LogP contribution in [-0.2, 0) is 41.5 Å². The smallest absolute Gasteiger partial charge is 0.331 e. The fourth-order valence-corrected chi connectivity index (χ4v) is 3.85. The zero-order chi connectivity index (χ0) is 22.5. The Morgan fingerprint density at radius 3 is 1.53 bits per heavy atom. The van der Waals surface area contributed by atoms with E-state index in [1.807, 2.05) is 48.5 Å². The number of para-hydroxylation sites is 2. The van der Waals surface area contributed by atoms with E-state index >= 15 is 0 Å². The lowest BCUT2D eigenvalue weighted by Crippen LogP contribution is -2.33. The van der Waals surface area contributed by atoms with Crippen LogP contribution in [0, 0.1) is 0 Å². The normalized spacial score (nSPS) is 14.2. The monoisotopic (exact) mass is 434 g/mol. The average Bonchev–Trinajstić information content (AvgIpc) is 3.44. The van der Waals surface area contributed by atoms with Crippen LogP contribution in [0.25, 0.3) is 0 Å². The number of fused-ring (bicyclic) bond motifs is 2. The van der Waals surface area contributed by atoms with Gasteiger partial charge in [0, 0.05) is 36.6 Å². The van der Waals surface area contributed by atoms with E-state index in [0.29, 0.717) is 13.1 Å². The molecule has 8 heteroatoms. The topological polar surface area (TPSA) is 93.2 Å². The van der Waals surface area contributed by atoms with Crippen molar-refractivity contribution >= 4 is 35.1 Å². The standard InChI is InChI=1S/C24H22N2O6/c27-21(25-13-11-17-5-1-3-7-19(17)25)15-31-23(29)9-10-24(30)32-16-22(28)26-14-12-18-6-2-4-8-20(18)26/h1-10H,11-16H2/b10-9+. The van der Waals surface area contributed by atoms with Gasteiger partial charge in [-0.25, -0.2) is 9.59 Å². The van der Waals surface area contributed by atoms with Crippen LogP contribution < -0.4 is 9.80 Å². The highest BCUT2D eigenvalue weighted by Gasteiger charge is 2.25. The van der Waals surface area contributed by atoms with E-state index in [1.54, 1.807) is 9.80 Å². The molecule has 2 heterocycles. The van der Waals surface area contributed by atoms with Crippen molar-refractivity contribution in [1.82, 2.24) is 0 Å². The molecule has 0 radical (unpaired) electrons. The van der Waals surface area contributed by atoms with Crippen molar-refractivity contribution in [3.8, 4) is 0 Å². The SMILES string of the molecule is O=C(/C=C/C(=O)OCC(=O)N1CCc2ccccc21)OCC(=O)N1CCc2ccccc21. The number of anilines is 2. The van der Waals surface area contributed by atoms with Crippen LogP contribution in [0.3, 0.4) is 0 Å². The highest BCUT2D eigenvalue weighted by molar-refractivity contribution is 5.99. The zero-order valence-corrected chi connectivity index (χ0v) is 17.4. The van der Waals surface area contributed by atoms with E-state index in [1.165, 1.54) is 0 Å². The predicted molar refractivity (Wildman–Crippen MR) is 116 cm³/mol. The van der Waals surface area contributed by atoms with E-state index in [2.05, 4.69) is 0 Å². The first-order valence-electron chi connectivity index (χ1n) is 10.3. The minimum Gasteiger partial charge on any atom is -0.452 e. The van der Waals surface area contributed by atoms with Crippen LogP contribution in [0.15, 0.2) is 60.7 Å². The Bertz CT molecular complexity index is 1010. The molecule has 2 aromatic rings. The van der Waals surface area contributed by atoms with Gasteiger partial charge in [0.25, 0.3) is 11.8 Å². The van der Waals surface area contributed by atoms with Gasteiger partial charge in [0.2, 0.25) is 0 Å². The summed E-state index contributed by atoms with van der Waals surface area (Å²) >= 11 is 0. The number of carbonyl (C=O) groups excluding carboxylic acids is 4. The van der Waals surface area contributed by atoms with E-state index in [0.717, 1.165) is 47.5 Å². The van der Waals surface area contributed by atoms with Crippen LogP contribution in [0.1, 0.15) is 11.1 Å². The lowest BCUT2D eigenvalue weighted by atomic mass is 10.2. The summed E-state index contributed by atoms with van der Waals surface area (Å²) in [6.07, 6.45) is 3.26. The third kappa shape index (κ3) is 4.69. The Morgan fingerprint density at radius 2 is 1.09 bits per heavy atom. The minimum atomic E-state index is -0.845. The van der Waals surface area contributed by atoms with E-state index < -0.39 is 25.2 Å². The molecule has 2 aromatic carbocycles. The van der Waals surface area contributed by atoms with Crippen LogP contribution in [0.2, 0.25) is 0 Å². The third-order valence-corrected chi connectivity index (χ3v) is 5.41. The number of hydrogen-bond donors (Lipinski definition) is 0. The first-order chi connectivity index (χ1) is 15.5. The summed E-state index contributed by atoms with van der Waals surface area (Å²) in [6.45, 7) is 0.208. The number of esters is 2. The maximum Gasteiger partial charge on any atom is 0.331 e. The molecular formula is C24H22N2O6. The minimum absolute atomic E-state index is 0.337. The Kier molecular flexibility index (Phi) is 6.30. The van der Waals surface area contributed by atoms with Crippen molar-refractivity contribution in [1.29, 1.82) is 0 Å². The number of amides is 2. The Balaban J connectivity index is 1.20. The molecule has 0 spiro atoms.